The first-order valence-corrected chi connectivity index (χ1v) is 16.5. The second kappa shape index (κ2) is 12.6. The van der Waals surface area contributed by atoms with Gasteiger partial charge in [0.25, 0.3) is 11.5 Å². The summed E-state index contributed by atoms with van der Waals surface area (Å²) in [7, 11) is -3.91. The maximum absolute atomic E-state index is 14.0. The van der Waals surface area contributed by atoms with Crippen LogP contribution in [0.3, 0.4) is 0 Å². The van der Waals surface area contributed by atoms with Gasteiger partial charge in [0.15, 0.2) is 5.69 Å². The summed E-state index contributed by atoms with van der Waals surface area (Å²) >= 11 is 0. The molecule has 9 nitrogen and oxygen atoms in total. The summed E-state index contributed by atoms with van der Waals surface area (Å²) in [5, 5.41) is 2.34. The molecule has 0 unspecified atom stereocenters. The molecule has 1 N–H and O–H groups in total. The Morgan fingerprint density at radius 3 is 2.13 bits per heavy atom. The molecule has 3 atom stereocenters. The van der Waals surface area contributed by atoms with Crippen LogP contribution < -0.4 is 10.6 Å². The van der Waals surface area contributed by atoms with Gasteiger partial charge in [-0.25, -0.2) is 9.55 Å². The lowest BCUT2D eigenvalue weighted by Gasteiger charge is -2.53. The molecule has 214 valence electrons. The molecule has 2 saturated heterocycles. The van der Waals surface area contributed by atoms with Gasteiger partial charge in [-0.1, -0.05) is 50.7 Å². The first kappa shape index (κ1) is 28.5. The van der Waals surface area contributed by atoms with E-state index in [1.165, 1.54) is 51.4 Å². The molecule has 3 fully saturated rings. The largest absolute Gasteiger partial charge is 0.435 e. The zero-order valence-corrected chi connectivity index (χ0v) is 24.2. The number of rotatable bonds is 8. The van der Waals surface area contributed by atoms with E-state index in [0.29, 0.717) is 23.6 Å². The summed E-state index contributed by atoms with van der Waals surface area (Å²) in [6, 6.07) is 8.98. The van der Waals surface area contributed by atoms with Crippen LogP contribution in [0.15, 0.2) is 29.1 Å². The molecule has 2 bridgehead atoms. The molecule has 5 rings (SSSR count). The van der Waals surface area contributed by atoms with E-state index >= 15 is 0 Å². The molecule has 1 aromatic carbocycles. The average molecular weight is 559 g/mol. The van der Waals surface area contributed by atoms with Crippen LogP contribution in [0.1, 0.15) is 107 Å². The third kappa shape index (κ3) is 6.17. The Kier molecular flexibility index (Phi) is 9.22. The van der Waals surface area contributed by atoms with Gasteiger partial charge in [-0.15, -0.1) is 0 Å². The zero-order valence-electron chi connectivity index (χ0n) is 23.3. The van der Waals surface area contributed by atoms with Crippen molar-refractivity contribution in [2.24, 2.45) is 0 Å². The number of carbonyl (C=O) groups is 1. The minimum Gasteiger partial charge on any atom is -0.302 e. The van der Waals surface area contributed by atoms with E-state index in [1.54, 1.807) is 18.4 Å². The van der Waals surface area contributed by atoms with Gasteiger partial charge in [0, 0.05) is 24.2 Å². The Labute approximate surface area is 231 Å². The van der Waals surface area contributed by atoms with Crippen molar-refractivity contribution in [3.8, 4) is 0 Å². The van der Waals surface area contributed by atoms with Crippen molar-refractivity contribution in [1.29, 1.82) is 0 Å². The normalized spacial score (nSPS) is 25.2. The second-order valence-electron chi connectivity index (χ2n) is 11.2. The van der Waals surface area contributed by atoms with E-state index in [0.717, 1.165) is 31.2 Å². The highest BCUT2D eigenvalue weighted by atomic mass is 31.2. The maximum Gasteiger partial charge on any atom is 0.435 e. The van der Waals surface area contributed by atoms with Crippen LogP contribution in [-0.2, 0) is 13.6 Å². The predicted molar refractivity (Wildman–Crippen MR) is 152 cm³/mol. The monoisotopic (exact) mass is 558 g/mol. The molecule has 0 spiro atoms. The number of nitrogens with one attached hydrogen (secondary N) is 1. The first-order valence-electron chi connectivity index (χ1n) is 14.9. The van der Waals surface area contributed by atoms with Gasteiger partial charge in [-0.05, 0) is 64.5 Å². The molecule has 3 aliphatic rings. The van der Waals surface area contributed by atoms with Crippen LogP contribution in [0.5, 0.6) is 0 Å². The summed E-state index contributed by atoms with van der Waals surface area (Å²) in [6.07, 6.45) is 14.5. The van der Waals surface area contributed by atoms with Crippen LogP contribution in [-0.4, -0.2) is 51.7 Å². The highest BCUT2D eigenvalue weighted by Gasteiger charge is 2.43. The minimum absolute atomic E-state index is 0.0253. The molecule has 1 aromatic heterocycles. The fraction of sp³-hybridized carbons (Fsp3) is 0.690. The molecular weight excluding hydrogens is 515 g/mol. The van der Waals surface area contributed by atoms with Gasteiger partial charge < -0.3 is 4.57 Å². The highest BCUT2D eigenvalue weighted by molar-refractivity contribution is 7.52. The smallest absolute Gasteiger partial charge is 0.302 e. The topological polar surface area (TPSA) is 103 Å². The number of para-hydroxylation sites is 2. The van der Waals surface area contributed by atoms with Gasteiger partial charge in [0.05, 0.1) is 24.2 Å². The molecule has 1 saturated carbocycles. The van der Waals surface area contributed by atoms with Crippen molar-refractivity contribution in [3.05, 3.63) is 40.3 Å². The number of amides is 1. The second-order valence-corrected chi connectivity index (χ2v) is 12.9. The fourth-order valence-electron chi connectivity index (χ4n) is 7.21. The Bertz CT molecular complexity index is 1230. The summed E-state index contributed by atoms with van der Waals surface area (Å²) in [4.78, 5) is 34.5. The van der Waals surface area contributed by atoms with Crippen molar-refractivity contribution in [2.75, 3.05) is 13.2 Å². The van der Waals surface area contributed by atoms with Crippen LogP contribution in [0.2, 0.25) is 0 Å². The van der Waals surface area contributed by atoms with Gasteiger partial charge in [-0.3, -0.25) is 28.6 Å². The number of nitrogens with zero attached hydrogens (tertiary/aromatic N) is 3. The number of fused-ring (bicyclic) bond motifs is 3. The van der Waals surface area contributed by atoms with Crippen molar-refractivity contribution >= 4 is 24.7 Å². The lowest BCUT2D eigenvalue weighted by atomic mass is 9.79. The van der Waals surface area contributed by atoms with Crippen LogP contribution in [0, 0.1) is 0 Å². The SMILES string of the molecule is CCOP(=O)(NC(=O)c1nc2ccccc2n([C@H]2C[C@H]3CCC[C@@H](C2)N3C2CCCCCCC2)c1=O)OCC. The van der Waals surface area contributed by atoms with Crippen LogP contribution in [0.25, 0.3) is 11.0 Å². The Morgan fingerprint density at radius 1 is 0.897 bits per heavy atom. The molecule has 3 heterocycles. The predicted octanol–water partition coefficient (Wildman–Crippen LogP) is 5.98. The zero-order chi connectivity index (χ0) is 27.4. The highest BCUT2D eigenvalue weighted by Crippen LogP contribution is 2.44. The molecular formula is C29H43N4O5P. The van der Waals surface area contributed by atoms with Crippen molar-refractivity contribution in [3.63, 3.8) is 0 Å². The quantitative estimate of drug-likeness (QED) is 0.398. The average Bonchev–Trinajstić information content (AvgIpc) is 2.88. The van der Waals surface area contributed by atoms with Crippen molar-refractivity contribution in [1.82, 2.24) is 19.5 Å². The van der Waals surface area contributed by atoms with E-state index in [1.807, 2.05) is 24.3 Å². The molecule has 0 radical (unpaired) electrons. The molecule has 2 aromatic rings. The molecule has 2 aliphatic heterocycles. The first-order chi connectivity index (χ1) is 18.9. The minimum atomic E-state index is -3.91. The van der Waals surface area contributed by atoms with E-state index in [4.69, 9.17) is 9.05 Å². The van der Waals surface area contributed by atoms with Crippen LogP contribution in [0.4, 0.5) is 0 Å². The van der Waals surface area contributed by atoms with Crippen molar-refractivity contribution in [2.45, 2.75) is 115 Å². The van der Waals surface area contributed by atoms with Gasteiger partial charge in [0.2, 0.25) is 0 Å². The summed E-state index contributed by atoms with van der Waals surface area (Å²) < 4.78 is 25.3. The maximum atomic E-state index is 14.0. The van der Waals surface area contributed by atoms with E-state index in [2.05, 4.69) is 15.0 Å². The van der Waals surface area contributed by atoms with E-state index in [9.17, 15) is 14.2 Å². The van der Waals surface area contributed by atoms with Gasteiger partial charge in [-0.2, -0.15) is 0 Å². The molecule has 39 heavy (non-hydrogen) atoms. The van der Waals surface area contributed by atoms with Crippen LogP contribution >= 0.6 is 7.75 Å². The van der Waals surface area contributed by atoms with Crippen molar-refractivity contribution < 1.29 is 18.4 Å². The standard InChI is InChI=1S/C29H43N4O5P/c1-3-37-39(36,38-4-2)31-28(34)27-29(35)33(26-18-11-10-17-25(26)30-27)24-19-22-15-12-16-23(20-24)32(22)21-13-8-6-5-7-9-14-21/h10-11,17-18,21-24H,3-9,12-16,19-20H2,1-2H3,(H,31,34,36)/t22-,23+,24+. The number of aromatic nitrogens is 2. The molecule has 1 aliphatic carbocycles. The Morgan fingerprint density at radius 2 is 1.49 bits per heavy atom. The fourth-order valence-corrected chi connectivity index (χ4v) is 8.45. The number of piperidine rings is 2. The number of carbonyl (C=O) groups excluding carboxylic acids is 1. The molecule has 10 heteroatoms. The lowest BCUT2D eigenvalue weighted by Crippen LogP contribution is -2.57. The summed E-state index contributed by atoms with van der Waals surface area (Å²) in [5.74, 6) is -0.836. The van der Waals surface area contributed by atoms with E-state index < -0.39 is 19.2 Å². The summed E-state index contributed by atoms with van der Waals surface area (Å²) in [6.45, 7) is 3.52. The van der Waals surface area contributed by atoms with Gasteiger partial charge in [0.1, 0.15) is 0 Å². The number of benzene rings is 1. The molecule has 1 amide bonds. The summed E-state index contributed by atoms with van der Waals surface area (Å²) in [5.41, 5.74) is 0.575. The number of hydrogen-bond donors (Lipinski definition) is 1. The Hall–Kier alpha value is -2.06. The Balaban J connectivity index is 1.47. The third-order valence-corrected chi connectivity index (χ3v) is 10.4. The number of hydrogen-bond acceptors (Lipinski definition) is 7. The van der Waals surface area contributed by atoms with E-state index in [-0.39, 0.29) is 24.9 Å². The van der Waals surface area contributed by atoms with Gasteiger partial charge >= 0.3 is 7.75 Å². The third-order valence-electron chi connectivity index (χ3n) is 8.71. The lowest BCUT2D eigenvalue weighted by molar-refractivity contribution is -0.0247.